The van der Waals surface area contributed by atoms with E-state index in [-0.39, 0.29) is 23.8 Å². The van der Waals surface area contributed by atoms with Gasteiger partial charge in [-0.05, 0) is 37.3 Å². The predicted molar refractivity (Wildman–Crippen MR) is 101 cm³/mol. The standard InChI is InChI=1S/C18H21ClN2O4S/c1-14-5-7-16(8-6-14)25-12-11-20-18(22)9-10-21-26(23,24)17-4-2-3-15(19)13-17/h2-8,13,21H,9-12H2,1H3,(H,20,22). The minimum atomic E-state index is -3.68. The maximum atomic E-state index is 12.1. The fraction of sp³-hybridized carbons (Fsp3) is 0.278. The lowest BCUT2D eigenvalue weighted by atomic mass is 10.2. The first-order valence-corrected chi connectivity index (χ1v) is 9.94. The summed E-state index contributed by atoms with van der Waals surface area (Å²) in [4.78, 5) is 11.8. The second-order valence-corrected chi connectivity index (χ2v) is 7.82. The van der Waals surface area contributed by atoms with Crippen molar-refractivity contribution in [1.29, 1.82) is 0 Å². The van der Waals surface area contributed by atoms with Crippen LogP contribution >= 0.6 is 11.6 Å². The zero-order chi connectivity index (χ0) is 19.0. The Bertz CT molecular complexity index is 839. The maximum Gasteiger partial charge on any atom is 0.240 e. The number of nitrogens with one attached hydrogen (secondary N) is 2. The van der Waals surface area contributed by atoms with Crippen LogP contribution in [0.2, 0.25) is 5.02 Å². The lowest BCUT2D eigenvalue weighted by molar-refractivity contribution is -0.121. The number of carbonyl (C=O) groups excluding carboxylic acids is 1. The van der Waals surface area contributed by atoms with Gasteiger partial charge in [-0.15, -0.1) is 0 Å². The summed E-state index contributed by atoms with van der Waals surface area (Å²) in [6.45, 7) is 2.67. The number of hydrogen-bond acceptors (Lipinski definition) is 4. The fourth-order valence-electron chi connectivity index (χ4n) is 2.10. The monoisotopic (exact) mass is 396 g/mol. The molecule has 6 nitrogen and oxygen atoms in total. The van der Waals surface area contributed by atoms with Gasteiger partial charge in [0.25, 0.3) is 0 Å². The Labute approximate surface area is 158 Å². The van der Waals surface area contributed by atoms with E-state index in [9.17, 15) is 13.2 Å². The van der Waals surface area contributed by atoms with Crippen LogP contribution in [0.4, 0.5) is 0 Å². The molecule has 2 rings (SSSR count). The van der Waals surface area contributed by atoms with Crippen LogP contribution in [0.3, 0.4) is 0 Å². The first-order chi connectivity index (χ1) is 12.4. The van der Waals surface area contributed by atoms with E-state index >= 15 is 0 Å². The highest BCUT2D eigenvalue weighted by molar-refractivity contribution is 7.89. The molecule has 0 aliphatic heterocycles. The number of sulfonamides is 1. The van der Waals surface area contributed by atoms with Crippen LogP contribution in [0.5, 0.6) is 5.75 Å². The maximum absolute atomic E-state index is 12.1. The normalized spacial score (nSPS) is 11.2. The zero-order valence-electron chi connectivity index (χ0n) is 14.4. The third kappa shape index (κ3) is 6.67. The van der Waals surface area contributed by atoms with Crippen LogP contribution < -0.4 is 14.8 Å². The Kier molecular flexibility index (Phi) is 7.44. The number of aryl methyl sites for hydroxylation is 1. The van der Waals surface area contributed by atoms with Crippen LogP contribution in [-0.4, -0.2) is 34.0 Å². The average molecular weight is 397 g/mol. The van der Waals surface area contributed by atoms with Crippen LogP contribution in [0.25, 0.3) is 0 Å². The molecule has 1 amide bonds. The van der Waals surface area contributed by atoms with Crippen molar-refractivity contribution >= 4 is 27.5 Å². The van der Waals surface area contributed by atoms with E-state index in [0.717, 1.165) is 11.3 Å². The van der Waals surface area contributed by atoms with Gasteiger partial charge in [-0.1, -0.05) is 35.4 Å². The molecule has 0 aliphatic carbocycles. The Morgan fingerprint density at radius 1 is 1.12 bits per heavy atom. The summed E-state index contributed by atoms with van der Waals surface area (Å²) in [7, 11) is -3.68. The Morgan fingerprint density at radius 2 is 1.85 bits per heavy atom. The first-order valence-electron chi connectivity index (χ1n) is 8.08. The first kappa shape index (κ1) is 20.2. The number of rotatable bonds is 9. The molecule has 2 aromatic rings. The molecule has 26 heavy (non-hydrogen) atoms. The minimum absolute atomic E-state index is 0.000497. The molecule has 0 saturated carbocycles. The van der Waals surface area contributed by atoms with Gasteiger partial charge in [0.05, 0.1) is 11.4 Å². The molecule has 0 spiro atoms. The summed E-state index contributed by atoms with van der Waals surface area (Å²) >= 11 is 5.79. The molecule has 0 atom stereocenters. The Morgan fingerprint density at radius 3 is 2.54 bits per heavy atom. The summed E-state index contributed by atoms with van der Waals surface area (Å²) in [6.07, 6.45) is 0.0321. The SMILES string of the molecule is Cc1ccc(OCCNC(=O)CCNS(=O)(=O)c2cccc(Cl)c2)cc1. The van der Waals surface area contributed by atoms with Gasteiger partial charge in [0.2, 0.25) is 15.9 Å². The van der Waals surface area contributed by atoms with Crippen molar-refractivity contribution in [2.75, 3.05) is 19.7 Å². The molecule has 0 saturated heterocycles. The number of amides is 1. The van der Waals surface area contributed by atoms with Crippen molar-refractivity contribution in [3.05, 3.63) is 59.1 Å². The second kappa shape index (κ2) is 9.56. The van der Waals surface area contributed by atoms with E-state index < -0.39 is 10.0 Å². The highest BCUT2D eigenvalue weighted by Gasteiger charge is 2.14. The van der Waals surface area contributed by atoms with Gasteiger partial charge in [0, 0.05) is 18.0 Å². The van der Waals surface area contributed by atoms with Crippen LogP contribution in [0.1, 0.15) is 12.0 Å². The van der Waals surface area contributed by atoms with E-state index in [1.54, 1.807) is 12.1 Å². The van der Waals surface area contributed by atoms with Gasteiger partial charge in [0.15, 0.2) is 0 Å². The van der Waals surface area contributed by atoms with E-state index in [1.807, 2.05) is 31.2 Å². The van der Waals surface area contributed by atoms with E-state index in [4.69, 9.17) is 16.3 Å². The Balaban J connectivity index is 1.66. The van der Waals surface area contributed by atoms with Gasteiger partial charge in [-0.2, -0.15) is 0 Å². The number of halogens is 1. The zero-order valence-corrected chi connectivity index (χ0v) is 15.9. The minimum Gasteiger partial charge on any atom is -0.492 e. The molecule has 0 unspecified atom stereocenters. The quantitative estimate of drug-likeness (QED) is 0.638. The third-order valence-corrected chi connectivity index (χ3v) is 5.16. The van der Waals surface area contributed by atoms with Crippen molar-refractivity contribution < 1.29 is 17.9 Å². The predicted octanol–water partition coefficient (Wildman–Crippen LogP) is 2.51. The molecule has 140 valence electrons. The summed E-state index contributed by atoms with van der Waals surface area (Å²) in [6, 6.07) is 13.6. The highest BCUT2D eigenvalue weighted by Crippen LogP contribution is 2.15. The smallest absolute Gasteiger partial charge is 0.240 e. The molecule has 2 aromatic carbocycles. The largest absolute Gasteiger partial charge is 0.492 e. The molecule has 0 radical (unpaired) electrons. The fourth-order valence-corrected chi connectivity index (χ4v) is 3.43. The average Bonchev–Trinajstić information content (AvgIpc) is 2.60. The Hall–Kier alpha value is -2.09. The lowest BCUT2D eigenvalue weighted by Crippen LogP contribution is -2.32. The molecule has 0 bridgehead atoms. The van der Waals surface area contributed by atoms with Crippen LogP contribution in [0.15, 0.2) is 53.4 Å². The van der Waals surface area contributed by atoms with Gasteiger partial charge in [-0.25, -0.2) is 13.1 Å². The van der Waals surface area contributed by atoms with Gasteiger partial charge in [-0.3, -0.25) is 4.79 Å². The van der Waals surface area contributed by atoms with Crippen LogP contribution in [-0.2, 0) is 14.8 Å². The number of benzene rings is 2. The van der Waals surface area contributed by atoms with Crippen molar-refractivity contribution in [3.8, 4) is 5.75 Å². The summed E-state index contributed by atoms with van der Waals surface area (Å²) in [5, 5.41) is 3.01. The molecule has 2 N–H and O–H groups in total. The van der Waals surface area contributed by atoms with Crippen molar-refractivity contribution in [3.63, 3.8) is 0 Å². The molecule has 0 fully saturated rings. The van der Waals surface area contributed by atoms with Gasteiger partial charge >= 0.3 is 0 Å². The third-order valence-electron chi connectivity index (χ3n) is 3.46. The van der Waals surface area contributed by atoms with Crippen molar-refractivity contribution in [1.82, 2.24) is 10.0 Å². The van der Waals surface area contributed by atoms with E-state index in [2.05, 4.69) is 10.0 Å². The van der Waals surface area contributed by atoms with E-state index in [0.29, 0.717) is 18.2 Å². The molecular weight excluding hydrogens is 376 g/mol. The van der Waals surface area contributed by atoms with Crippen LogP contribution in [0, 0.1) is 6.92 Å². The molecule has 8 heteroatoms. The number of ether oxygens (including phenoxy) is 1. The topological polar surface area (TPSA) is 84.5 Å². The second-order valence-electron chi connectivity index (χ2n) is 5.62. The van der Waals surface area contributed by atoms with Gasteiger partial charge in [0.1, 0.15) is 12.4 Å². The summed E-state index contributed by atoms with van der Waals surface area (Å²) < 4.78 is 32.0. The highest BCUT2D eigenvalue weighted by atomic mass is 35.5. The van der Waals surface area contributed by atoms with Crippen molar-refractivity contribution in [2.24, 2.45) is 0 Å². The van der Waals surface area contributed by atoms with E-state index in [1.165, 1.54) is 12.1 Å². The molecule has 0 heterocycles. The number of carbonyl (C=O) groups is 1. The molecular formula is C18H21ClN2O4S. The number of hydrogen-bond donors (Lipinski definition) is 2. The van der Waals surface area contributed by atoms with Crippen molar-refractivity contribution in [2.45, 2.75) is 18.2 Å². The summed E-state index contributed by atoms with van der Waals surface area (Å²) in [5.41, 5.74) is 1.14. The van der Waals surface area contributed by atoms with Gasteiger partial charge < -0.3 is 10.1 Å². The molecule has 0 aromatic heterocycles. The molecule has 0 aliphatic rings. The summed E-state index contributed by atoms with van der Waals surface area (Å²) in [5.74, 6) is 0.477. The lowest BCUT2D eigenvalue weighted by Gasteiger charge is -2.09.